The SMILES string of the molecule is CNC(=O)C(Cc1ccccc1)N(Cc1ccc(Br)cc1)C(=O)CN(c1ccc(Cl)cc1C)S(C)(=O)=O. The van der Waals surface area contributed by atoms with E-state index in [4.69, 9.17) is 11.6 Å². The minimum atomic E-state index is -3.83. The molecule has 0 aromatic heterocycles. The Morgan fingerprint density at radius 1 is 1.00 bits per heavy atom. The second kappa shape index (κ2) is 12.6. The summed E-state index contributed by atoms with van der Waals surface area (Å²) in [5.41, 5.74) is 2.63. The molecule has 1 atom stereocenters. The van der Waals surface area contributed by atoms with Crippen molar-refractivity contribution in [3.8, 4) is 0 Å². The standard InChI is InChI=1S/C27H29BrClN3O4S/c1-19-15-23(29)13-14-24(19)32(37(3,35)36)18-26(33)31(17-21-9-11-22(28)12-10-21)25(27(34)30-2)16-20-7-5-4-6-8-20/h4-15,25H,16-18H2,1-3H3,(H,30,34). The third kappa shape index (κ3) is 7.80. The fraction of sp³-hybridized carbons (Fsp3) is 0.259. The van der Waals surface area contributed by atoms with Crippen molar-refractivity contribution in [3.63, 3.8) is 0 Å². The highest BCUT2D eigenvalue weighted by Crippen LogP contribution is 2.26. The number of hydrogen-bond donors (Lipinski definition) is 1. The molecule has 0 radical (unpaired) electrons. The fourth-order valence-electron chi connectivity index (χ4n) is 4.00. The Morgan fingerprint density at radius 3 is 2.22 bits per heavy atom. The summed E-state index contributed by atoms with van der Waals surface area (Å²) in [6, 6.07) is 20.7. The summed E-state index contributed by atoms with van der Waals surface area (Å²) < 4.78 is 27.6. The lowest BCUT2D eigenvalue weighted by Crippen LogP contribution is -2.53. The van der Waals surface area contributed by atoms with Crippen LogP contribution in [-0.4, -0.2) is 51.0 Å². The summed E-state index contributed by atoms with van der Waals surface area (Å²) in [6.45, 7) is 1.38. The van der Waals surface area contributed by atoms with E-state index in [0.29, 0.717) is 16.3 Å². The molecule has 0 saturated carbocycles. The zero-order chi connectivity index (χ0) is 27.2. The first-order valence-corrected chi connectivity index (χ1v) is 14.5. The van der Waals surface area contributed by atoms with Crippen molar-refractivity contribution in [1.29, 1.82) is 0 Å². The minimum Gasteiger partial charge on any atom is -0.357 e. The molecule has 0 aliphatic rings. The number of likely N-dealkylation sites (N-methyl/N-ethyl adjacent to an activating group) is 1. The lowest BCUT2D eigenvalue weighted by Gasteiger charge is -2.33. The number of hydrogen-bond acceptors (Lipinski definition) is 4. The Labute approximate surface area is 231 Å². The Hall–Kier alpha value is -2.88. The fourth-order valence-corrected chi connectivity index (χ4v) is 5.40. The van der Waals surface area contributed by atoms with Gasteiger partial charge in [0.15, 0.2) is 0 Å². The van der Waals surface area contributed by atoms with Gasteiger partial charge in [-0.1, -0.05) is 70.0 Å². The Balaban J connectivity index is 2.04. The molecule has 0 aliphatic heterocycles. The number of nitrogens with one attached hydrogen (secondary N) is 1. The maximum atomic E-state index is 13.9. The van der Waals surface area contributed by atoms with Crippen LogP contribution in [-0.2, 0) is 32.6 Å². The Morgan fingerprint density at radius 2 is 1.65 bits per heavy atom. The quantitative estimate of drug-likeness (QED) is 0.367. The molecule has 1 N–H and O–H groups in total. The number of anilines is 1. The highest BCUT2D eigenvalue weighted by atomic mass is 79.9. The molecule has 3 aromatic carbocycles. The molecule has 0 aliphatic carbocycles. The lowest BCUT2D eigenvalue weighted by atomic mass is 10.0. The van der Waals surface area contributed by atoms with Gasteiger partial charge in [0.1, 0.15) is 12.6 Å². The Bertz CT molecular complexity index is 1350. The molecule has 0 bridgehead atoms. The summed E-state index contributed by atoms with van der Waals surface area (Å²) in [6.07, 6.45) is 1.31. The van der Waals surface area contributed by atoms with Gasteiger partial charge in [-0.25, -0.2) is 8.42 Å². The summed E-state index contributed by atoms with van der Waals surface area (Å²) in [7, 11) is -2.32. The summed E-state index contributed by atoms with van der Waals surface area (Å²) in [4.78, 5) is 28.4. The van der Waals surface area contributed by atoms with Gasteiger partial charge in [0.25, 0.3) is 0 Å². The van der Waals surface area contributed by atoms with E-state index in [0.717, 1.165) is 26.2 Å². The van der Waals surface area contributed by atoms with Gasteiger partial charge in [0, 0.05) is 29.5 Å². The first-order valence-electron chi connectivity index (χ1n) is 11.5. The highest BCUT2D eigenvalue weighted by Gasteiger charge is 2.33. The number of carbonyl (C=O) groups excluding carboxylic acids is 2. The number of nitrogens with zero attached hydrogens (tertiary/aromatic N) is 2. The predicted octanol–water partition coefficient (Wildman–Crippen LogP) is 4.56. The molecule has 10 heteroatoms. The normalized spacial score (nSPS) is 12.0. The number of halogens is 2. The van der Waals surface area contributed by atoms with Crippen LogP contribution in [0.1, 0.15) is 16.7 Å². The van der Waals surface area contributed by atoms with Crippen LogP contribution in [0.2, 0.25) is 5.02 Å². The van der Waals surface area contributed by atoms with Gasteiger partial charge in [0.05, 0.1) is 11.9 Å². The molecule has 2 amide bonds. The average Bonchev–Trinajstić information content (AvgIpc) is 2.85. The summed E-state index contributed by atoms with van der Waals surface area (Å²) in [5, 5.41) is 3.12. The monoisotopic (exact) mass is 605 g/mol. The van der Waals surface area contributed by atoms with Gasteiger partial charge in [-0.15, -0.1) is 0 Å². The first kappa shape index (κ1) is 28.7. The van der Waals surface area contributed by atoms with Crippen molar-refractivity contribution in [2.45, 2.75) is 25.9 Å². The van der Waals surface area contributed by atoms with E-state index in [-0.39, 0.29) is 18.9 Å². The first-order chi connectivity index (χ1) is 17.5. The Kier molecular flexibility index (Phi) is 9.75. The lowest BCUT2D eigenvalue weighted by molar-refractivity contribution is -0.139. The third-order valence-electron chi connectivity index (χ3n) is 5.89. The summed E-state index contributed by atoms with van der Waals surface area (Å²) in [5.74, 6) is -0.852. The van der Waals surface area contributed by atoms with Crippen LogP contribution in [0.5, 0.6) is 0 Å². The smallest absolute Gasteiger partial charge is 0.244 e. The minimum absolute atomic E-state index is 0.119. The second-order valence-corrected chi connectivity index (χ2v) is 11.9. The van der Waals surface area contributed by atoms with Crippen molar-refractivity contribution in [1.82, 2.24) is 10.2 Å². The number of benzene rings is 3. The highest BCUT2D eigenvalue weighted by molar-refractivity contribution is 9.10. The van der Waals surface area contributed by atoms with E-state index >= 15 is 0 Å². The zero-order valence-electron chi connectivity index (χ0n) is 20.8. The van der Waals surface area contributed by atoms with Crippen LogP contribution in [0.3, 0.4) is 0 Å². The molecule has 3 rings (SSSR count). The van der Waals surface area contributed by atoms with Crippen LogP contribution in [0.25, 0.3) is 0 Å². The van der Waals surface area contributed by atoms with Crippen LogP contribution >= 0.6 is 27.5 Å². The molecule has 3 aromatic rings. The molecule has 196 valence electrons. The number of amides is 2. The van der Waals surface area contributed by atoms with Gasteiger partial charge in [-0.05, 0) is 53.9 Å². The van der Waals surface area contributed by atoms with E-state index in [1.54, 1.807) is 25.1 Å². The number of aryl methyl sites for hydroxylation is 1. The molecule has 0 heterocycles. The number of rotatable bonds is 10. The molecular weight excluding hydrogens is 578 g/mol. The number of carbonyl (C=O) groups is 2. The van der Waals surface area contributed by atoms with Crippen LogP contribution in [0.4, 0.5) is 5.69 Å². The van der Waals surface area contributed by atoms with Gasteiger partial charge in [-0.3, -0.25) is 13.9 Å². The van der Waals surface area contributed by atoms with Gasteiger partial charge < -0.3 is 10.2 Å². The molecule has 37 heavy (non-hydrogen) atoms. The zero-order valence-corrected chi connectivity index (χ0v) is 24.0. The third-order valence-corrected chi connectivity index (χ3v) is 7.78. The van der Waals surface area contributed by atoms with E-state index in [1.165, 1.54) is 11.9 Å². The van der Waals surface area contributed by atoms with Gasteiger partial charge in [-0.2, -0.15) is 0 Å². The van der Waals surface area contributed by atoms with Crippen LogP contribution < -0.4 is 9.62 Å². The second-order valence-electron chi connectivity index (χ2n) is 8.67. The molecule has 7 nitrogen and oxygen atoms in total. The van der Waals surface area contributed by atoms with Crippen LogP contribution in [0.15, 0.2) is 77.3 Å². The molecular formula is C27H29BrClN3O4S. The largest absolute Gasteiger partial charge is 0.357 e. The van der Waals surface area contributed by atoms with Gasteiger partial charge in [0.2, 0.25) is 21.8 Å². The predicted molar refractivity (Wildman–Crippen MR) is 151 cm³/mol. The molecule has 0 saturated heterocycles. The molecule has 0 spiro atoms. The van der Waals surface area contributed by atoms with Crippen molar-refractivity contribution >= 4 is 55.1 Å². The summed E-state index contributed by atoms with van der Waals surface area (Å²) >= 11 is 9.48. The molecule has 1 unspecified atom stereocenters. The van der Waals surface area contributed by atoms with E-state index in [1.807, 2.05) is 54.6 Å². The van der Waals surface area contributed by atoms with Crippen molar-refractivity contribution in [3.05, 3.63) is 99.0 Å². The van der Waals surface area contributed by atoms with E-state index in [2.05, 4.69) is 21.2 Å². The van der Waals surface area contributed by atoms with Crippen molar-refractivity contribution in [2.75, 3.05) is 24.2 Å². The van der Waals surface area contributed by atoms with Gasteiger partial charge >= 0.3 is 0 Å². The van der Waals surface area contributed by atoms with E-state index < -0.39 is 28.5 Å². The van der Waals surface area contributed by atoms with Crippen molar-refractivity contribution < 1.29 is 18.0 Å². The van der Waals surface area contributed by atoms with E-state index in [9.17, 15) is 18.0 Å². The maximum absolute atomic E-state index is 13.9. The average molecular weight is 607 g/mol. The topological polar surface area (TPSA) is 86.8 Å². The van der Waals surface area contributed by atoms with Crippen LogP contribution in [0, 0.1) is 6.92 Å². The molecule has 0 fully saturated rings. The van der Waals surface area contributed by atoms with Crippen molar-refractivity contribution in [2.24, 2.45) is 0 Å². The maximum Gasteiger partial charge on any atom is 0.244 e. The number of sulfonamides is 1.